The number of hydrogen-bond acceptors (Lipinski definition) is 5. The monoisotopic (exact) mass is 516 g/mol. The minimum absolute atomic E-state index is 0.103. The highest BCUT2D eigenvalue weighted by Gasteiger charge is 2.33. The van der Waals surface area contributed by atoms with Crippen molar-refractivity contribution in [3.63, 3.8) is 0 Å². The number of rotatable bonds is 9. The number of fused-ring (bicyclic) bond motifs is 1. The van der Waals surface area contributed by atoms with E-state index in [2.05, 4.69) is 32.7 Å². The van der Waals surface area contributed by atoms with E-state index in [0.717, 1.165) is 41.1 Å². The van der Waals surface area contributed by atoms with Crippen LogP contribution in [0.4, 0.5) is 10.7 Å². The van der Waals surface area contributed by atoms with Gasteiger partial charge in [-0.15, -0.1) is 11.3 Å². The van der Waals surface area contributed by atoms with Gasteiger partial charge in [0.15, 0.2) is 11.5 Å². The van der Waals surface area contributed by atoms with Gasteiger partial charge >= 0.3 is 0 Å². The highest BCUT2D eigenvalue weighted by molar-refractivity contribution is 7.16. The Kier molecular flexibility index (Phi) is 8.49. The molecule has 1 aliphatic rings. The minimum Gasteiger partial charge on any atom is -0.490 e. The highest BCUT2D eigenvalue weighted by atomic mass is 32.1. The van der Waals surface area contributed by atoms with Crippen molar-refractivity contribution in [1.82, 2.24) is 0 Å². The molecule has 0 unspecified atom stereocenters. The maximum atomic E-state index is 13.5. The van der Waals surface area contributed by atoms with E-state index >= 15 is 0 Å². The van der Waals surface area contributed by atoms with E-state index in [1.807, 2.05) is 55.5 Å². The van der Waals surface area contributed by atoms with Gasteiger partial charge in [-0.1, -0.05) is 51.6 Å². The van der Waals surface area contributed by atoms with E-state index in [-0.39, 0.29) is 11.3 Å². The summed E-state index contributed by atoms with van der Waals surface area (Å²) in [5.41, 5.74) is 3.73. The van der Waals surface area contributed by atoms with Crippen LogP contribution in [-0.4, -0.2) is 25.3 Å². The molecule has 1 amide bonds. The Morgan fingerprint density at radius 3 is 2.65 bits per heavy atom. The SMILES string of the molecule is C=CCOc1ccc(C=Nc2sc3c(c2C(=O)Nc2ccccc2)CC[C@@H](C(C)(C)C)C3)cc1OCC. The summed E-state index contributed by atoms with van der Waals surface area (Å²) in [5, 5.41) is 3.82. The molecule has 1 heterocycles. The Bertz CT molecular complexity index is 1270. The quantitative estimate of drug-likeness (QED) is 0.233. The molecular formula is C31H36N2O3S. The van der Waals surface area contributed by atoms with Gasteiger partial charge in [0, 0.05) is 16.8 Å². The van der Waals surface area contributed by atoms with E-state index in [4.69, 9.17) is 14.5 Å². The van der Waals surface area contributed by atoms with E-state index in [9.17, 15) is 4.79 Å². The number of aliphatic imine (C=N–C) groups is 1. The molecule has 0 spiro atoms. The number of carbonyl (C=O) groups excluding carboxylic acids is 1. The molecule has 37 heavy (non-hydrogen) atoms. The lowest BCUT2D eigenvalue weighted by atomic mass is 9.72. The van der Waals surface area contributed by atoms with Gasteiger partial charge in [-0.2, -0.15) is 0 Å². The largest absolute Gasteiger partial charge is 0.490 e. The van der Waals surface area contributed by atoms with Crippen molar-refractivity contribution in [3.05, 3.63) is 82.8 Å². The average molecular weight is 517 g/mol. The number of benzene rings is 2. The second kappa shape index (κ2) is 11.8. The zero-order valence-corrected chi connectivity index (χ0v) is 23.0. The average Bonchev–Trinajstić information content (AvgIpc) is 3.25. The first-order valence-corrected chi connectivity index (χ1v) is 13.7. The number of para-hydroxylation sites is 1. The Hall–Kier alpha value is -3.38. The molecule has 1 N–H and O–H groups in total. The number of ether oxygens (including phenoxy) is 2. The predicted octanol–water partition coefficient (Wildman–Crippen LogP) is 7.87. The van der Waals surface area contributed by atoms with Crippen molar-refractivity contribution >= 4 is 34.1 Å². The summed E-state index contributed by atoms with van der Waals surface area (Å²) in [6.45, 7) is 13.5. The normalized spacial score (nSPS) is 15.3. The molecule has 194 valence electrons. The van der Waals surface area contributed by atoms with Crippen molar-refractivity contribution in [2.45, 2.75) is 47.0 Å². The van der Waals surface area contributed by atoms with Crippen LogP contribution >= 0.6 is 11.3 Å². The molecule has 0 radical (unpaired) electrons. The molecule has 0 bridgehead atoms. The Balaban J connectivity index is 1.68. The number of amides is 1. The molecule has 0 fully saturated rings. The molecule has 0 aliphatic heterocycles. The third kappa shape index (κ3) is 6.50. The van der Waals surface area contributed by atoms with Crippen LogP contribution in [0.5, 0.6) is 11.5 Å². The summed E-state index contributed by atoms with van der Waals surface area (Å²) in [6.07, 6.45) is 6.46. The fourth-order valence-electron chi connectivity index (χ4n) is 4.63. The van der Waals surface area contributed by atoms with Crippen molar-refractivity contribution in [2.24, 2.45) is 16.3 Å². The zero-order valence-electron chi connectivity index (χ0n) is 22.2. The molecule has 6 heteroatoms. The molecule has 0 saturated heterocycles. The lowest BCUT2D eigenvalue weighted by molar-refractivity contribution is 0.102. The fraction of sp³-hybridized carbons (Fsp3) is 0.355. The first-order chi connectivity index (χ1) is 17.8. The number of hydrogen-bond donors (Lipinski definition) is 1. The van der Waals surface area contributed by atoms with E-state index in [1.165, 1.54) is 4.88 Å². The zero-order chi connectivity index (χ0) is 26.4. The number of nitrogens with one attached hydrogen (secondary N) is 1. The van der Waals surface area contributed by atoms with Crippen molar-refractivity contribution in [1.29, 1.82) is 0 Å². The van der Waals surface area contributed by atoms with Gasteiger partial charge in [-0.3, -0.25) is 4.79 Å². The molecule has 0 saturated carbocycles. The standard InChI is InChI=1S/C31H36N2O3S/c1-6-17-36-25-16-13-21(18-26(25)35-7-2)20-32-30-28(29(34)33-23-11-9-8-10-12-23)24-15-14-22(31(3,4)5)19-27(24)37-30/h6,8-13,16,18,20,22H,1,7,14-15,17,19H2,2-5H3,(H,33,34)/t22-/m1/s1. The summed E-state index contributed by atoms with van der Waals surface area (Å²) in [4.78, 5) is 19.6. The molecule has 3 aromatic rings. The van der Waals surface area contributed by atoms with E-state index < -0.39 is 0 Å². The predicted molar refractivity (Wildman–Crippen MR) is 154 cm³/mol. The maximum absolute atomic E-state index is 13.5. The second-order valence-corrected chi connectivity index (χ2v) is 11.4. The molecule has 1 aromatic heterocycles. The number of anilines is 1. The van der Waals surface area contributed by atoms with Gasteiger partial charge in [-0.25, -0.2) is 4.99 Å². The van der Waals surface area contributed by atoms with Crippen LogP contribution in [0, 0.1) is 11.3 Å². The second-order valence-electron chi connectivity index (χ2n) is 10.3. The van der Waals surface area contributed by atoms with E-state index in [0.29, 0.717) is 36.2 Å². The molecular weight excluding hydrogens is 480 g/mol. The van der Waals surface area contributed by atoms with Gasteiger partial charge in [0.25, 0.3) is 5.91 Å². The van der Waals surface area contributed by atoms with Crippen molar-refractivity contribution in [2.75, 3.05) is 18.5 Å². The summed E-state index contributed by atoms with van der Waals surface area (Å²) < 4.78 is 11.5. The number of nitrogens with zero attached hydrogens (tertiary/aromatic N) is 1. The van der Waals surface area contributed by atoms with Gasteiger partial charge in [-0.05, 0) is 79.0 Å². The summed E-state index contributed by atoms with van der Waals surface area (Å²) in [5.74, 6) is 1.81. The number of carbonyl (C=O) groups is 1. The third-order valence-corrected chi connectivity index (χ3v) is 7.85. The molecule has 5 nitrogen and oxygen atoms in total. The van der Waals surface area contributed by atoms with Crippen LogP contribution in [0.15, 0.2) is 66.2 Å². The van der Waals surface area contributed by atoms with Crippen LogP contribution in [0.2, 0.25) is 0 Å². The number of thiophene rings is 1. The Morgan fingerprint density at radius 1 is 1.16 bits per heavy atom. The topological polar surface area (TPSA) is 59.9 Å². The summed E-state index contributed by atoms with van der Waals surface area (Å²) in [7, 11) is 0. The van der Waals surface area contributed by atoms with Crippen LogP contribution in [0.25, 0.3) is 0 Å². The lowest BCUT2D eigenvalue weighted by Crippen LogP contribution is -2.27. The highest BCUT2D eigenvalue weighted by Crippen LogP contribution is 2.45. The molecule has 4 rings (SSSR count). The molecule has 1 aliphatic carbocycles. The van der Waals surface area contributed by atoms with Crippen molar-refractivity contribution in [3.8, 4) is 11.5 Å². The Morgan fingerprint density at radius 2 is 1.95 bits per heavy atom. The summed E-state index contributed by atoms with van der Waals surface area (Å²) in [6, 6.07) is 15.3. The fourth-order valence-corrected chi connectivity index (χ4v) is 5.89. The van der Waals surface area contributed by atoms with Crippen LogP contribution in [0.3, 0.4) is 0 Å². The van der Waals surface area contributed by atoms with Gasteiger partial charge < -0.3 is 14.8 Å². The van der Waals surface area contributed by atoms with Crippen LogP contribution in [0.1, 0.15) is 60.5 Å². The third-order valence-electron chi connectivity index (χ3n) is 6.69. The molecule has 2 aromatic carbocycles. The van der Waals surface area contributed by atoms with E-state index in [1.54, 1.807) is 23.6 Å². The molecule has 1 atom stereocenters. The Labute approximate surface area is 224 Å². The first-order valence-electron chi connectivity index (χ1n) is 12.9. The van der Waals surface area contributed by atoms with Gasteiger partial charge in [0.2, 0.25) is 0 Å². The maximum Gasteiger partial charge on any atom is 0.259 e. The van der Waals surface area contributed by atoms with Crippen molar-refractivity contribution < 1.29 is 14.3 Å². The minimum atomic E-state index is -0.103. The van der Waals surface area contributed by atoms with Gasteiger partial charge in [0.05, 0.1) is 12.2 Å². The summed E-state index contributed by atoms with van der Waals surface area (Å²) >= 11 is 1.64. The van der Waals surface area contributed by atoms with Crippen LogP contribution < -0.4 is 14.8 Å². The van der Waals surface area contributed by atoms with Crippen LogP contribution in [-0.2, 0) is 12.8 Å². The first kappa shape index (κ1) is 26.7. The smallest absolute Gasteiger partial charge is 0.259 e. The van der Waals surface area contributed by atoms with Gasteiger partial charge in [0.1, 0.15) is 11.6 Å². The lowest BCUT2D eigenvalue weighted by Gasteiger charge is -2.33.